The van der Waals surface area contributed by atoms with E-state index in [1.807, 2.05) is 0 Å². The number of methoxy groups -OCH3 is 1. The van der Waals surface area contributed by atoms with Crippen LogP contribution in [-0.2, 0) is 19.2 Å². The van der Waals surface area contributed by atoms with Crippen molar-refractivity contribution in [2.75, 3.05) is 54.9 Å². The number of anilines is 4. The third kappa shape index (κ3) is 6.01. The van der Waals surface area contributed by atoms with Gasteiger partial charge in [0, 0.05) is 58.4 Å². The molecule has 2 heterocycles. The fourth-order valence-corrected chi connectivity index (χ4v) is 9.27. The van der Waals surface area contributed by atoms with Gasteiger partial charge in [0.1, 0.15) is 0 Å². The molecule has 0 spiro atoms. The minimum absolute atomic E-state index is 0.00253. The average molecular weight is 815 g/mol. The number of amides is 4. The molecule has 4 aliphatic rings. The molecule has 0 aromatic heterocycles. The third-order valence-corrected chi connectivity index (χ3v) is 11.5. The number of phenols is 1. The summed E-state index contributed by atoms with van der Waals surface area (Å²) >= 11 is 0. The van der Waals surface area contributed by atoms with E-state index >= 15 is 0 Å². The minimum Gasteiger partial charge on any atom is -0.504 e. The number of carbonyl (C=O) groups excluding carboxylic acids is 4. The molecular weight excluding hydrogens is 780 g/mol. The predicted molar refractivity (Wildman–Crippen MR) is 205 cm³/mol. The van der Waals surface area contributed by atoms with Gasteiger partial charge < -0.3 is 19.6 Å². The molecule has 1 saturated carbocycles. The summed E-state index contributed by atoms with van der Waals surface area (Å²) < 4.78 is 5.34. The first-order valence-corrected chi connectivity index (χ1v) is 17.9. The molecule has 2 saturated heterocycles. The van der Waals surface area contributed by atoms with E-state index in [2.05, 4.69) is 0 Å². The Morgan fingerprint density at radius 1 is 0.644 bits per heavy atom. The molecule has 59 heavy (non-hydrogen) atoms. The number of imide groups is 2. The van der Waals surface area contributed by atoms with Crippen molar-refractivity contribution in [3.8, 4) is 11.5 Å². The van der Waals surface area contributed by atoms with Crippen LogP contribution in [0.15, 0.2) is 54.1 Å². The van der Waals surface area contributed by atoms with Crippen LogP contribution in [0.25, 0.3) is 0 Å². The summed E-state index contributed by atoms with van der Waals surface area (Å²) in [6.07, 6.45) is 1.39. The van der Waals surface area contributed by atoms with Crippen molar-refractivity contribution >= 4 is 69.1 Å². The number of aromatic hydroxyl groups is 1. The molecule has 2 aliphatic heterocycles. The van der Waals surface area contributed by atoms with Gasteiger partial charge in [-0.15, -0.1) is 0 Å². The van der Waals surface area contributed by atoms with E-state index < -0.39 is 113 Å². The number of allylic oxidation sites excluding steroid dienone is 2. The summed E-state index contributed by atoms with van der Waals surface area (Å²) in [7, 11) is 6.71. The number of nitro benzene ring substituents is 4. The van der Waals surface area contributed by atoms with Gasteiger partial charge in [-0.2, -0.15) is 0 Å². The minimum atomic E-state index is -1.25. The smallest absolute Gasteiger partial charge is 0.301 e. The van der Waals surface area contributed by atoms with Gasteiger partial charge in [0.15, 0.2) is 22.9 Å². The molecule has 306 valence electrons. The first kappa shape index (κ1) is 39.7. The highest BCUT2D eigenvalue weighted by Gasteiger charge is 2.63. The van der Waals surface area contributed by atoms with E-state index in [9.17, 15) is 64.7 Å². The van der Waals surface area contributed by atoms with Gasteiger partial charge in [-0.1, -0.05) is 17.7 Å². The van der Waals surface area contributed by atoms with Gasteiger partial charge >= 0.3 is 22.7 Å². The Kier molecular flexibility index (Phi) is 9.52. The van der Waals surface area contributed by atoms with Crippen LogP contribution < -0.4 is 24.3 Å². The number of ether oxygens (including phenoxy) is 1. The Labute approximate surface area is 332 Å². The number of hydrogen-bond donors (Lipinski definition) is 1. The molecular formula is C37H34N8O14. The maximum Gasteiger partial charge on any atom is 0.301 e. The number of carbonyl (C=O) groups is 4. The van der Waals surface area contributed by atoms with E-state index in [1.165, 1.54) is 53.5 Å². The van der Waals surface area contributed by atoms with Crippen LogP contribution in [0.1, 0.15) is 24.3 Å². The lowest BCUT2D eigenvalue weighted by molar-refractivity contribution is -0.392. The van der Waals surface area contributed by atoms with Crippen LogP contribution in [0.3, 0.4) is 0 Å². The molecule has 0 bridgehead atoms. The second kappa shape index (κ2) is 14.1. The number of hydrogen-bond acceptors (Lipinski definition) is 16. The van der Waals surface area contributed by atoms with Crippen LogP contribution in [0.2, 0.25) is 0 Å². The highest BCUT2D eigenvalue weighted by atomic mass is 16.6. The fraction of sp³-hybridized carbons (Fsp3) is 0.351. The molecule has 6 unspecified atom stereocenters. The van der Waals surface area contributed by atoms with Crippen molar-refractivity contribution in [2.24, 2.45) is 29.6 Å². The molecule has 3 aromatic carbocycles. The van der Waals surface area contributed by atoms with E-state index in [1.54, 1.807) is 6.08 Å². The van der Waals surface area contributed by atoms with Crippen LogP contribution >= 0.6 is 0 Å². The Bertz CT molecular complexity index is 2410. The van der Waals surface area contributed by atoms with Gasteiger partial charge in [0.25, 0.3) is 0 Å². The maximum absolute atomic E-state index is 14.6. The number of nitrogens with zero attached hydrogens (tertiary/aromatic N) is 8. The Morgan fingerprint density at radius 3 is 1.51 bits per heavy atom. The van der Waals surface area contributed by atoms with Gasteiger partial charge in [0.05, 0.1) is 61.8 Å². The number of benzene rings is 3. The standard InChI is InChI=1S/C37H34N8O14/c1-38(2)32-23(42(51)52)11-17(12-24(32)43(53)54)40-34(47)20-8-7-19-21(30(20)36(40)49)15-22-31(29(19)16-6-9-27(46)28(10-16)59-5)37(50)41(35(22)48)18-13-25(44(55)56)33(39(3)4)26(14-18)45(57)58/h6-7,9-14,20-22,29-31,46H,8,15H2,1-5H3. The predicted octanol–water partition coefficient (Wildman–Crippen LogP) is 4.21. The van der Waals surface area contributed by atoms with Gasteiger partial charge in [-0.25, -0.2) is 9.80 Å². The highest BCUT2D eigenvalue weighted by molar-refractivity contribution is 6.24. The largest absolute Gasteiger partial charge is 0.504 e. The summed E-state index contributed by atoms with van der Waals surface area (Å²) in [5.41, 5.74) is -3.72. The van der Waals surface area contributed by atoms with Crippen molar-refractivity contribution < 1.29 is 48.7 Å². The zero-order chi connectivity index (χ0) is 43.1. The lowest BCUT2D eigenvalue weighted by atomic mass is 9.57. The number of nitro groups is 4. The fourth-order valence-electron chi connectivity index (χ4n) is 9.27. The lowest BCUT2D eigenvalue weighted by Gasteiger charge is -2.44. The quantitative estimate of drug-likeness (QED) is 0.130. The van der Waals surface area contributed by atoms with Crippen molar-refractivity contribution in [2.45, 2.75) is 18.8 Å². The maximum atomic E-state index is 14.6. The monoisotopic (exact) mass is 814 g/mol. The number of rotatable bonds is 10. The van der Waals surface area contributed by atoms with Crippen LogP contribution in [0, 0.1) is 70.0 Å². The Morgan fingerprint density at radius 2 is 1.08 bits per heavy atom. The first-order valence-electron chi connectivity index (χ1n) is 17.9. The first-order chi connectivity index (χ1) is 27.8. The summed E-state index contributed by atoms with van der Waals surface area (Å²) in [4.78, 5) is 107. The van der Waals surface area contributed by atoms with Crippen molar-refractivity contribution in [3.63, 3.8) is 0 Å². The molecule has 6 atom stereocenters. The highest BCUT2D eigenvalue weighted by Crippen LogP contribution is 2.59. The Balaban J connectivity index is 1.37. The SMILES string of the molecule is COc1cc(C2C3=CCC4C(=O)N(c5cc([N+](=O)[O-])c(N(C)C)c([N+](=O)[O-])c5)C(=O)C4C3CC3C(=O)N(c4cc([N+](=O)[O-])c(N(C)C)c([N+](=O)[O-])c4)C(=O)C32)ccc1O. The Hall–Kier alpha value is -7.52. The van der Waals surface area contributed by atoms with Crippen molar-refractivity contribution in [3.05, 3.63) is 100 Å². The van der Waals surface area contributed by atoms with Crippen molar-refractivity contribution in [1.29, 1.82) is 0 Å². The van der Waals surface area contributed by atoms with E-state index in [0.717, 1.165) is 34.1 Å². The van der Waals surface area contributed by atoms with Crippen LogP contribution in [0.4, 0.5) is 45.5 Å². The molecule has 7 rings (SSSR count). The average Bonchev–Trinajstić information content (AvgIpc) is 3.59. The summed E-state index contributed by atoms with van der Waals surface area (Å²) in [6.45, 7) is 0. The van der Waals surface area contributed by atoms with Crippen molar-refractivity contribution in [1.82, 2.24) is 0 Å². The summed E-state index contributed by atoms with van der Waals surface area (Å²) in [5.74, 6) is -10.4. The molecule has 2 aliphatic carbocycles. The zero-order valence-electron chi connectivity index (χ0n) is 31.8. The van der Waals surface area contributed by atoms with E-state index in [-0.39, 0.29) is 35.7 Å². The van der Waals surface area contributed by atoms with Gasteiger partial charge in [-0.3, -0.25) is 59.6 Å². The second-order valence-electron chi connectivity index (χ2n) is 15.0. The molecule has 22 heteroatoms. The molecule has 22 nitrogen and oxygen atoms in total. The van der Waals surface area contributed by atoms with Gasteiger partial charge in [-0.05, 0) is 36.5 Å². The number of phenolic OH excluding ortho intramolecular Hbond substituents is 1. The number of fused-ring (bicyclic) bond motifs is 4. The molecule has 0 radical (unpaired) electrons. The third-order valence-electron chi connectivity index (χ3n) is 11.5. The zero-order valence-corrected chi connectivity index (χ0v) is 31.8. The lowest BCUT2D eigenvalue weighted by Crippen LogP contribution is -2.43. The summed E-state index contributed by atoms with van der Waals surface area (Å²) in [6, 6.07) is 7.82. The topological polar surface area (TPSA) is 283 Å². The van der Waals surface area contributed by atoms with Crippen LogP contribution in [-0.4, -0.2) is 83.7 Å². The molecule has 4 amide bonds. The molecule has 3 fully saturated rings. The van der Waals surface area contributed by atoms with E-state index in [4.69, 9.17) is 4.74 Å². The van der Waals surface area contributed by atoms with Gasteiger partial charge in [0.2, 0.25) is 23.6 Å². The van der Waals surface area contributed by atoms with E-state index in [0.29, 0.717) is 20.9 Å². The second-order valence-corrected chi connectivity index (χ2v) is 15.0. The molecule has 1 N–H and O–H groups in total. The normalized spacial score (nSPS) is 23.3. The van der Waals surface area contributed by atoms with Crippen LogP contribution in [0.5, 0.6) is 11.5 Å². The summed E-state index contributed by atoms with van der Waals surface area (Å²) in [5, 5.41) is 59.2. The molecule has 3 aromatic rings.